The predicted octanol–water partition coefficient (Wildman–Crippen LogP) is 4.80. The largest absolute Gasteiger partial charge is 0.486 e. The number of ether oxygens (including phenoxy) is 1. The first-order valence-electron chi connectivity index (χ1n) is 8.48. The normalized spacial score (nSPS) is 10.6. The molecule has 0 unspecified atom stereocenters. The molecule has 0 aliphatic rings. The first-order chi connectivity index (χ1) is 13.7. The van der Waals surface area contributed by atoms with Crippen molar-refractivity contribution in [3.63, 3.8) is 0 Å². The van der Waals surface area contributed by atoms with E-state index >= 15 is 0 Å². The van der Waals surface area contributed by atoms with E-state index < -0.39 is 0 Å². The number of aryl methyl sites for hydroxylation is 1. The summed E-state index contributed by atoms with van der Waals surface area (Å²) in [5, 5.41) is 8.18. The van der Waals surface area contributed by atoms with Crippen molar-refractivity contribution in [1.82, 2.24) is 15.0 Å². The summed E-state index contributed by atoms with van der Waals surface area (Å²) >= 11 is 2.95. The number of thiazole rings is 2. The summed E-state index contributed by atoms with van der Waals surface area (Å²) in [6, 6.07) is 10.8. The molecule has 3 aromatic heterocycles. The van der Waals surface area contributed by atoms with Gasteiger partial charge in [-0.3, -0.25) is 15.1 Å². The molecule has 6 nitrogen and oxygen atoms in total. The summed E-state index contributed by atoms with van der Waals surface area (Å²) in [5.41, 5.74) is 3.23. The Labute approximate surface area is 169 Å². The zero-order valence-corrected chi connectivity index (χ0v) is 16.6. The molecule has 28 heavy (non-hydrogen) atoms. The highest BCUT2D eigenvalue weighted by molar-refractivity contribution is 7.14. The van der Waals surface area contributed by atoms with E-state index in [1.807, 2.05) is 29.8 Å². The zero-order chi connectivity index (χ0) is 19.3. The summed E-state index contributed by atoms with van der Waals surface area (Å²) in [5.74, 6) is 0.478. The Kier molecular flexibility index (Phi) is 5.41. The van der Waals surface area contributed by atoms with E-state index in [0.29, 0.717) is 23.1 Å². The fraction of sp³-hybridized carbons (Fsp3) is 0.100. The van der Waals surface area contributed by atoms with Crippen LogP contribution in [-0.2, 0) is 6.61 Å². The van der Waals surface area contributed by atoms with Gasteiger partial charge in [0.2, 0.25) is 0 Å². The van der Waals surface area contributed by atoms with Gasteiger partial charge in [0.15, 0.2) is 5.13 Å². The second-order valence-electron chi connectivity index (χ2n) is 5.93. The number of aromatic nitrogens is 3. The Balaban J connectivity index is 1.36. The smallest absolute Gasteiger partial charge is 0.257 e. The van der Waals surface area contributed by atoms with Crippen LogP contribution in [0.5, 0.6) is 5.75 Å². The van der Waals surface area contributed by atoms with Crippen LogP contribution in [-0.4, -0.2) is 20.9 Å². The van der Waals surface area contributed by atoms with Gasteiger partial charge in [-0.1, -0.05) is 0 Å². The van der Waals surface area contributed by atoms with E-state index in [9.17, 15) is 4.79 Å². The van der Waals surface area contributed by atoms with Crippen molar-refractivity contribution in [1.29, 1.82) is 0 Å². The van der Waals surface area contributed by atoms with Crippen LogP contribution in [0.15, 0.2) is 59.6 Å². The Bertz CT molecular complexity index is 1080. The summed E-state index contributed by atoms with van der Waals surface area (Å²) in [6.45, 7) is 2.37. The van der Waals surface area contributed by atoms with E-state index in [4.69, 9.17) is 4.74 Å². The van der Waals surface area contributed by atoms with Crippen molar-refractivity contribution in [3.05, 3.63) is 75.8 Å². The van der Waals surface area contributed by atoms with Crippen LogP contribution in [0.3, 0.4) is 0 Å². The molecule has 0 radical (unpaired) electrons. The molecule has 0 bridgehead atoms. The maximum Gasteiger partial charge on any atom is 0.257 e. The summed E-state index contributed by atoms with van der Waals surface area (Å²) in [6.07, 6.45) is 3.45. The van der Waals surface area contributed by atoms with Crippen LogP contribution in [0.1, 0.15) is 21.1 Å². The van der Waals surface area contributed by atoms with E-state index in [2.05, 4.69) is 20.3 Å². The van der Waals surface area contributed by atoms with E-state index in [0.717, 1.165) is 22.0 Å². The Morgan fingerprint density at radius 2 is 1.96 bits per heavy atom. The second kappa shape index (κ2) is 8.28. The lowest BCUT2D eigenvalue weighted by atomic mass is 10.2. The lowest BCUT2D eigenvalue weighted by Gasteiger charge is -2.06. The number of carbonyl (C=O) groups excluding carboxylic acids is 1. The molecule has 1 N–H and O–H groups in total. The average molecular weight is 409 g/mol. The summed E-state index contributed by atoms with van der Waals surface area (Å²) < 4.78 is 5.71. The summed E-state index contributed by atoms with van der Waals surface area (Å²) in [7, 11) is 0. The van der Waals surface area contributed by atoms with Crippen LogP contribution in [0.25, 0.3) is 11.3 Å². The molecule has 140 valence electrons. The molecule has 4 rings (SSSR count). The monoisotopic (exact) mass is 408 g/mol. The molecule has 1 aromatic carbocycles. The third-order valence-electron chi connectivity index (χ3n) is 3.83. The van der Waals surface area contributed by atoms with Crippen LogP contribution in [0.2, 0.25) is 0 Å². The lowest BCUT2D eigenvalue weighted by Crippen LogP contribution is -2.11. The lowest BCUT2D eigenvalue weighted by molar-refractivity contribution is 0.102. The molecule has 1 amide bonds. The third-order valence-corrected chi connectivity index (χ3v) is 5.53. The van der Waals surface area contributed by atoms with E-state index in [1.165, 1.54) is 11.3 Å². The minimum atomic E-state index is -0.214. The van der Waals surface area contributed by atoms with Gasteiger partial charge in [-0.15, -0.1) is 22.7 Å². The number of benzene rings is 1. The van der Waals surface area contributed by atoms with Gasteiger partial charge >= 0.3 is 0 Å². The van der Waals surface area contributed by atoms with Crippen LogP contribution in [0.4, 0.5) is 5.13 Å². The minimum absolute atomic E-state index is 0.214. The number of amides is 1. The molecule has 0 aliphatic carbocycles. The number of pyridine rings is 1. The molecule has 0 aliphatic heterocycles. The van der Waals surface area contributed by atoms with Gasteiger partial charge in [-0.2, -0.15) is 0 Å². The minimum Gasteiger partial charge on any atom is -0.486 e. The average Bonchev–Trinajstić information content (AvgIpc) is 3.36. The van der Waals surface area contributed by atoms with E-state index in [1.54, 1.807) is 48.0 Å². The molecule has 0 spiro atoms. The Morgan fingerprint density at radius 3 is 2.68 bits per heavy atom. The fourth-order valence-corrected chi connectivity index (χ4v) is 3.86. The Morgan fingerprint density at radius 1 is 1.11 bits per heavy atom. The number of rotatable bonds is 6. The van der Waals surface area contributed by atoms with Crippen molar-refractivity contribution in [2.45, 2.75) is 13.5 Å². The molecule has 8 heteroatoms. The van der Waals surface area contributed by atoms with Gasteiger partial charge in [0.25, 0.3) is 5.91 Å². The highest BCUT2D eigenvalue weighted by Gasteiger charge is 2.10. The number of nitrogens with one attached hydrogen (secondary N) is 1. The number of anilines is 1. The molecule has 0 atom stereocenters. The molecule has 0 saturated carbocycles. The van der Waals surface area contributed by atoms with Gasteiger partial charge in [0.05, 0.1) is 5.69 Å². The first kappa shape index (κ1) is 18.3. The van der Waals surface area contributed by atoms with Crippen molar-refractivity contribution in [3.8, 4) is 17.0 Å². The predicted molar refractivity (Wildman–Crippen MR) is 111 cm³/mol. The van der Waals surface area contributed by atoms with Crippen LogP contribution in [0, 0.1) is 6.92 Å². The quantitative estimate of drug-likeness (QED) is 0.496. The molecular weight excluding hydrogens is 392 g/mol. The van der Waals surface area contributed by atoms with Crippen LogP contribution < -0.4 is 10.1 Å². The SMILES string of the molecule is Cc1csc(COc2ccc(C(=O)Nc3nc(-c4cccnc4)cs3)cc2)n1. The molecule has 3 heterocycles. The maximum atomic E-state index is 12.4. The zero-order valence-electron chi connectivity index (χ0n) is 15.0. The summed E-state index contributed by atoms with van der Waals surface area (Å²) in [4.78, 5) is 25.3. The van der Waals surface area contributed by atoms with Crippen molar-refractivity contribution < 1.29 is 9.53 Å². The molecule has 0 saturated heterocycles. The van der Waals surface area contributed by atoms with Gasteiger partial charge in [-0.05, 0) is 43.3 Å². The fourth-order valence-electron chi connectivity index (χ4n) is 2.46. The molecule has 0 fully saturated rings. The van der Waals surface area contributed by atoms with Gasteiger partial charge in [0.1, 0.15) is 17.4 Å². The number of carbonyl (C=O) groups is 1. The van der Waals surface area contributed by atoms with Gasteiger partial charge in [0, 0.05) is 40.0 Å². The van der Waals surface area contributed by atoms with Gasteiger partial charge in [-0.25, -0.2) is 9.97 Å². The van der Waals surface area contributed by atoms with E-state index in [-0.39, 0.29) is 5.91 Å². The van der Waals surface area contributed by atoms with Gasteiger partial charge < -0.3 is 4.74 Å². The standard InChI is InChI=1S/C20H16N4O2S2/c1-13-11-27-18(22-13)10-26-16-6-4-14(5-7-16)19(25)24-20-23-17(12-28-20)15-3-2-8-21-9-15/h2-9,11-12H,10H2,1H3,(H,23,24,25). The topological polar surface area (TPSA) is 77.0 Å². The van der Waals surface area contributed by atoms with Crippen molar-refractivity contribution >= 4 is 33.7 Å². The number of hydrogen-bond acceptors (Lipinski definition) is 7. The molecular formula is C20H16N4O2S2. The number of hydrogen-bond donors (Lipinski definition) is 1. The highest BCUT2D eigenvalue weighted by Crippen LogP contribution is 2.24. The van der Waals surface area contributed by atoms with Crippen LogP contribution >= 0.6 is 22.7 Å². The molecule has 4 aromatic rings. The first-order valence-corrected chi connectivity index (χ1v) is 10.2. The third kappa shape index (κ3) is 4.41. The second-order valence-corrected chi connectivity index (χ2v) is 7.73. The van der Waals surface area contributed by atoms with Crippen molar-refractivity contribution in [2.24, 2.45) is 0 Å². The maximum absolute atomic E-state index is 12.4. The van der Waals surface area contributed by atoms with Crippen molar-refractivity contribution in [2.75, 3.05) is 5.32 Å². The highest BCUT2D eigenvalue weighted by atomic mass is 32.1. The number of nitrogens with zero attached hydrogens (tertiary/aromatic N) is 3. The Hall–Kier alpha value is -3.10.